The van der Waals surface area contributed by atoms with Crippen molar-refractivity contribution < 1.29 is 14.9 Å². The molecule has 0 atom stereocenters. The molecule has 0 aromatic heterocycles. The number of oxime groups is 1. The van der Waals surface area contributed by atoms with Crippen LogP contribution in [0, 0.1) is 10.1 Å². The lowest BCUT2D eigenvalue weighted by atomic mass is 10.1. The largest absolute Gasteiger partial charge is 0.487 e. The van der Waals surface area contributed by atoms with E-state index in [-0.39, 0.29) is 17.1 Å². The third kappa shape index (κ3) is 3.57. The molecule has 19 heavy (non-hydrogen) atoms. The summed E-state index contributed by atoms with van der Waals surface area (Å²) in [5.74, 6) is 0.110. The minimum absolute atomic E-state index is 0.150. The minimum Gasteiger partial charge on any atom is -0.487 e. The number of non-ortho nitro benzene ring substituents is 1. The van der Waals surface area contributed by atoms with Gasteiger partial charge < -0.3 is 15.7 Å². The number of nitrogens with zero attached hydrogens (tertiary/aromatic N) is 2. The summed E-state index contributed by atoms with van der Waals surface area (Å²) in [4.78, 5) is 10.2. The van der Waals surface area contributed by atoms with Crippen LogP contribution in [-0.2, 0) is 0 Å². The van der Waals surface area contributed by atoms with Gasteiger partial charge in [-0.05, 0) is 26.3 Å². The van der Waals surface area contributed by atoms with Crippen molar-refractivity contribution in [1.82, 2.24) is 0 Å². The molecule has 0 saturated heterocycles. The van der Waals surface area contributed by atoms with Crippen molar-refractivity contribution >= 4 is 11.5 Å². The Morgan fingerprint density at radius 3 is 2.68 bits per heavy atom. The van der Waals surface area contributed by atoms with Gasteiger partial charge in [-0.3, -0.25) is 10.1 Å². The van der Waals surface area contributed by atoms with Crippen LogP contribution in [0.15, 0.2) is 23.4 Å². The quantitative estimate of drug-likeness (QED) is 0.279. The molecule has 1 aromatic rings. The van der Waals surface area contributed by atoms with E-state index < -0.39 is 10.5 Å². The van der Waals surface area contributed by atoms with Crippen LogP contribution in [-0.4, -0.2) is 21.6 Å². The Labute approximate surface area is 110 Å². The van der Waals surface area contributed by atoms with Gasteiger partial charge >= 0.3 is 0 Å². The number of nitro groups is 1. The summed E-state index contributed by atoms with van der Waals surface area (Å²) < 4.78 is 5.75. The number of benzene rings is 1. The second-order valence-corrected chi connectivity index (χ2v) is 4.64. The van der Waals surface area contributed by atoms with Gasteiger partial charge in [0.2, 0.25) is 0 Å². The van der Waals surface area contributed by atoms with Crippen LogP contribution in [0.3, 0.4) is 0 Å². The van der Waals surface area contributed by atoms with Gasteiger partial charge in [-0.2, -0.15) is 0 Å². The normalized spacial score (nSPS) is 12.3. The van der Waals surface area contributed by atoms with E-state index in [0.29, 0.717) is 5.75 Å². The zero-order valence-electron chi connectivity index (χ0n) is 11.1. The molecule has 0 saturated carbocycles. The Kier molecular flexibility index (Phi) is 4.31. The molecule has 0 aliphatic carbocycles. The molecule has 7 heteroatoms. The van der Waals surface area contributed by atoms with Crippen LogP contribution in [0.4, 0.5) is 5.69 Å². The highest BCUT2D eigenvalue weighted by molar-refractivity contribution is 6.00. The molecule has 0 aliphatic heterocycles. The predicted molar refractivity (Wildman–Crippen MR) is 70.6 cm³/mol. The number of hydrogen-bond acceptors (Lipinski definition) is 5. The molecular formula is C12H17N3O4. The van der Waals surface area contributed by atoms with Gasteiger partial charge in [-0.1, -0.05) is 12.1 Å². The standard InChI is InChI=1S/C12H17N3O4/c1-4-12(2,3)19-10-6-5-8(15(17)18)7-9(10)11(13)14-16/h5-7,16H,4H2,1-3H3,(H2,13,14). The summed E-state index contributed by atoms with van der Waals surface area (Å²) >= 11 is 0. The van der Waals surface area contributed by atoms with Gasteiger partial charge in [-0.25, -0.2) is 0 Å². The van der Waals surface area contributed by atoms with Crippen LogP contribution >= 0.6 is 0 Å². The van der Waals surface area contributed by atoms with Crippen molar-refractivity contribution in [3.63, 3.8) is 0 Å². The van der Waals surface area contributed by atoms with Gasteiger partial charge in [0.1, 0.15) is 11.4 Å². The van der Waals surface area contributed by atoms with Crippen molar-refractivity contribution in [1.29, 1.82) is 0 Å². The first kappa shape index (κ1) is 14.7. The molecule has 1 rings (SSSR count). The second kappa shape index (κ2) is 5.55. The van der Waals surface area contributed by atoms with E-state index in [1.807, 2.05) is 20.8 Å². The van der Waals surface area contributed by atoms with Crippen molar-refractivity contribution in [2.45, 2.75) is 32.8 Å². The van der Waals surface area contributed by atoms with Crippen molar-refractivity contribution in [2.24, 2.45) is 10.9 Å². The van der Waals surface area contributed by atoms with Gasteiger partial charge in [0.15, 0.2) is 5.84 Å². The summed E-state index contributed by atoms with van der Waals surface area (Å²) in [6, 6.07) is 3.98. The molecule has 0 unspecified atom stereocenters. The number of ether oxygens (including phenoxy) is 1. The zero-order valence-corrected chi connectivity index (χ0v) is 11.1. The molecule has 3 N–H and O–H groups in total. The summed E-state index contributed by atoms with van der Waals surface area (Å²) in [7, 11) is 0. The maximum absolute atomic E-state index is 10.7. The third-order valence-electron chi connectivity index (χ3n) is 2.80. The number of nitro benzene ring substituents is 1. The lowest BCUT2D eigenvalue weighted by molar-refractivity contribution is -0.384. The van der Waals surface area contributed by atoms with E-state index in [0.717, 1.165) is 6.42 Å². The molecule has 0 aliphatic rings. The third-order valence-corrected chi connectivity index (χ3v) is 2.80. The Morgan fingerprint density at radius 2 is 2.21 bits per heavy atom. The lowest BCUT2D eigenvalue weighted by Crippen LogP contribution is -2.28. The molecular weight excluding hydrogens is 250 g/mol. The summed E-state index contributed by atoms with van der Waals surface area (Å²) in [5, 5.41) is 22.3. The first-order chi connectivity index (χ1) is 8.80. The van der Waals surface area contributed by atoms with Crippen LogP contribution in [0.5, 0.6) is 5.75 Å². The average Bonchev–Trinajstić information content (AvgIpc) is 2.37. The highest BCUT2D eigenvalue weighted by Gasteiger charge is 2.22. The SMILES string of the molecule is CCC(C)(C)Oc1ccc([N+](=O)[O-])cc1C(N)=NO. The van der Waals surface area contributed by atoms with Crippen LogP contribution < -0.4 is 10.5 Å². The average molecular weight is 267 g/mol. The maximum Gasteiger partial charge on any atom is 0.270 e. The summed E-state index contributed by atoms with van der Waals surface area (Å²) in [6.07, 6.45) is 0.736. The van der Waals surface area contributed by atoms with E-state index in [2.05, 4.69) is 5.16 Å². The molecule has 0 fully saturated rings. The van der Waals surface area contributed by atoms with Gasteiger partial charge in [-0.15, -0.1) is 0 Å². The first-order valence-corrected chi connectivity index (χ1v) is 5.76. The molecule has 0 radical (unpaired) electrons. The summed E-state index contributed by atoms with van der Waals surface area (Å²) in [6.45, 7) is 5.71. The molecule has 0 bridgehead atoms. The number of rotatable bonds is 5. The second-order valence-electron chi connectivity index (χ2n) is 4.64. The Morgan fingerprint density at radius 1 is 1.58 bits per heavy atom. The van der Waals surface area contributed by atoms with Crippen molar-refractivity contribution in [3.8, 4) is 5.75 Å². The van der Waals surface area contributed by atoms with Crippen LogP contribution in [0.1, 0.15) is 32.8 Å². The predicted octanol–water partition coefficient (Wildman–Crippen LogP) is 2.26. The van der Waals surface area contributed by atoms with E-state index in [1.165, 1.54) is 18.2 Å². The molecule has 1 aromatic carbocycles. The molecule has 104 valence electrons. The first-order valence-electron chi connectivity index (χ1n) is 5.76. The fourth-order valence-electron chi connectivity index (χ4n) is 1.34. The van der Waals surface area contributed by atoms with Gasteiger partial charge in [0.25, 0.3) is 5.69 Å². The fourth-order valence-corrected chi connectivity index (χ4v) is 1.34. The molecule has 0 amide bonds. The van der Waals surface area contributed by atoms with E-state index >= 15 is 0 Å². The zero-order chi connectivity index (χ0) is 14.6. The van der Waals surface area contributed by atoms with Crippen molar-refractivity contribution in [2.75, 3.05) is 0 Å². The monoisotopic (exact) mass is 267 g/mol. The molecule has 0 spiro atoms. The van der Waals surface area contributed by atoms with Crippen LogP contribution in [0.2, 0.25) is 0 Å². The smallest absolute Gasteiger partial charge is 0.270 e. The van der Waals surface area contributed by atoms with Crippen LogP contribution in [0.25, 0.3) is 0 Å². The lowest BCUT2D eigenvalue weighted by Gasteiger charge is -2.26. The number of nitrogens with two attached hydrogens (primary N) is 1. The van der Waals surface area contributed by atoms with Crippen molar-refractivity contribution in [3.05, 3.63) is 33.9 Å². The number of amidine groups is 1. The summed E-state index contributed by atoms with van der Waals surface area (Å²) in [5.41, 5.74) is 5.11. The highest BCUT2D eigenvalue weighted by atomic mass is 16.6. The maximum atomic E-state index is 10.7. The van der Waals surface area contributed by atoms with E-state index in [1.54, 1.807) is 0 Å². The van der Waals surface area contributed by atoms with Gasteiger partial charge in [0.05, 0.1) is 10.5 Å². The Bertz CT molecular complexity index is 512. The Balaban J connectivity index is 3.28. The van der Waals surface area contributed by atoms with Gasteiger partial charge in [0, 0.05) is 12.1 Å². The molecule has 0 heterocycles. The minimum atomic E-state index is -0.553. The fraction of sp³-hybridized carbons (Fsp3) is 0.417. The van der Waals surface area contributed by atoms with E-state index in [4.69, 9.17) is 15.7 Å². The topological polar surface area (TPSA) is 111 Å². The Hall–Kier alpha value is -2.31. The van der Waals surface area contributed by atoms with E-state index in [9.17, 15) is 10.1 Å². The highest BCUT2D eigenvalue weighted by Crippen LogP contribution is 2.28. The number of hydrogen-bond donors (Lipinski definition) is 2. The molecule has 7 nitrogen and oxygen atoms in total.